The molecule has 5 heterocycles. The van der Waals surface area contributed by atoms with Crippen molar-refractivity contribution >= 4 is 11.5 Å². The highest BCUT2D eigenvalue weighted by molar-refractivity contribution is 6.05. The summed E-state index contributed by atoms with van der Waals surface area (Å²) in [7, 11) is 1.68. The molecule has 146 valence electrons. The fourth-order valence-electron chi connectivity index (χ4n) is 9.43. The number of nitrogens with one attached hydrogen (secondary N) is 1. The minimum Gasteiger partial charge on any atom is -0.495 e. The quantitative estimate of drug-likeness (QED) is 0.628. The van der Waals surface area contributed by atoms with E-state index in [2.05, 4.69) is 16.3 Å². The zero-order chi connectivity index (χ0) is 18.8. The van der Waals surface area contributed by atoms with Crippen LogP contribution in [0.4, 0.5) is 5.69 Å². The number of nitrogens with zero attached hydrogens (tertiary/aromatic N) is 1. The Labute approximate surface area is 162 Å². The Morgan fingerprint density at radius 1 is 1.39 bits per heavy atom. The standard InChI is InChI=1S/C21H23N3O4/c1-27-10-4-2-3-9-13(10)23-19-7-6-18-11(25)5-8-24-15-12(20(9,19)16(18)24)14(26)21(19,22)17(18)28-15/h2-4,11-12,15-17,23,25H,5-8,22H2,1H3/t11-,12-,15+,16-,17+,18+,19-,20-,21+/m0/s1. The summed E-state index contributed by atoms with van der Waals surface area (Å²) in [4.78, 5) is 16.3. The second-order valence-corrected chi connectivity index (χ2v) is 9.96. The van der Waals surface area contributed by atoms with Gasteiger partial charge in [0.1, 0.15) is 17.5 Å². The smallest absolute Gasteiger partial charge is 0.165 e. The Morgan fingerprint density at radius 2 is 2.25 bits per heavy atom. The van der Waals surface area contributed by atoms with Crippen LogP contribution < -0.4 is 15.8 Å². The number of rotatable bonds is 1. The molecule has 28 heavy (non-hydrogen) atoms. The van der Waals surface area contributed by atoms with Crippen LogP contribution in [0.2, 0.25) is 0 Å². The molecule has 10 rings (SSSR count). The molecular formula is C21H23N3O4. The minimum absolute atomic E-state index is 0.0789. The zero-order valence-electron chi connectivity index (χ0n) is 15.6. The van der Waals surface area contributed by atoms with Crippen LogP contribution >= 0.6 is 0 Å². The van der Waals surface area contributed by atoms with Crippen molar-refractivity contribution in [3.05, 3.63) is 23.8 Å². The number of carbonyl (C=O) groups is 1. The van der Waals surface area contributed by atoms with Gasteiger partial charge >= 0.3 is 0 Å². The number of ketones is 1. The predicted molar refractivity (Wildman–Crippen MR) is 97.9 cm³/mol. The SMILES string of the molecule is COc1cccc2c1N[C@]13CC[C@]45[C@H]6O[C@@H]7[C@H](C(=O)[C@@]61N)[C@]23[C@H]4N7CC[C@@H]5O. The molecule has 4 saturated heterocycles. The number of carbonyl (C=O) groups excluding carboxylic acids is 1. The second-order valence-electron chi connectivity index (χ2n) is 9.96. The van der Waals surface area contributed by atoms with E-state index in [4.69, 9.17) is 15.2 Å². The van der Waals surface area contributed by atoms with Crippen LogP contribution in [0, 0.1) is 11.3 Å². The molecule has 4 saturated carbocycles. The van der Waals surface area contributed by atoms with Gasteiger partial charge in [-0.3, -0.25) is 9.69 Å². The molecule has 7 heteroatoms. The van der Waals surface area contributed by atoms with Crippen molar-refractivity contribution in [2.75, 3.05) is 19.0 Å². The van der Waals surface area contributed by atoms with E-state index in [9.17, 15) is 9.90 Å². The highest BCUT2D eigenvalue weighted by atomic mass is 16.5. The van der Waals surface area contributed by atoms with Crippen LogP contribution in [0.1, 0.15) is 24.8 Å². The van der Waals surface area contributed by atoms with E-state index in [1.54, 1.807) is 7.11 Å². The number of methoxy groups -OCH3 is 1. The van der Waals surface area contributed by atoms with E-state index in [0.29, 0.717) is 0 Å². The Hall–Kier alpha value is -1.67. The van der Waals surface area contributed by atoms with Crippen LogP contribution in [-0.4, -0.2) is 65.0 Å². The number of hydrogen-bond acceptors (Lipinski definition) is 7. The summed E-state index contributed by atoms with van der Waals surface area (Å²) in [6, 6.07) is 6.20. The van der Waals surface area contributed by atoms with E-state index in [1.165, 1.54) is 0 Å². The van der Waals surface area contributed by atoms with Crippen molar-refractivity contribution in [1.29, 1.82) is 0 Å². The van der Waals surface area contributed by atoms with Crippen LogP contribution in [0.3, 0.4) is 0 Å². The molecule has 9 aliphatic rings. The van der Waals surface area contributed by atoms with Gasteiger partial charge in [-0.2, -0.15) is 0 Å². The Bertz CT molecular complexity index is 1020. The van der Waals surface area contributed by atoms with Gasteiger partial charge in [-0.05, 0) is 30.9 Å². The van der Waals surface area contributed by atoms with Gasteiger partial charge in [0.05, 0.1) is 41.9 Å². The molecule has 0 aromatic heterocycles. The predicted octanol–water partition coefficient (Wildman–Crippen LogP) is -0.0388. The second kappa shape index (κ2) is 3.86. The summed E-state index contributed by atoms with van der Waals surface area (Å²) in [5.41, 5.74) is 6.62. The van der Waals surface area contributed by atoms with Gasteiger partial charge in [0, 0.05) is 18.0 Å². The lowest BCUT2D eigenvalue weighted by Gasteiger charge is -2.74. The number of piperidine rings is 1. The van der Waals surface area contributed by atoms with Crippen molar-refractivity contribution in [1.82, 2.24) is 4.90 Å². The number of ether oxygens (including phenoxy) is 2. The van der Waals surface area contributed by atoms with Crippen molar-refractivity contribution in [3.8, 4) is 5.75 Å². The monoisotopic (exact) mass is 381 g/mol. The molecule has 9 bridgehead atoms. The van der Waals surface area contributed by atoms with Crippen LogP contribution in [0.25, 0.3) is 0 Å². The van der Waals surface area contributed by atoms with E-state index in [1.807, 2.05) is 12.1 Å². The normalized spacial score (nSPS) is 60.2. The third-order valence-electron chi connectivity index (χ3n) is 9.90. The molecule has 0 radical (unpaired) electrons. The van der Waals surface area contributed by atoms with Crippen molar-refractivity contribution in [2.45, 2.75) is 60.2 Å². The molecule has 10 atom stereocenters. The number of benzene rings is 1. The Morgan fingerprint density at radius 3 is 3.07 bits per heavy atom. The maximum atomic E-state index is 13.9. The van der Waals surface area contributed by atoms with Gasteiger partial charge in [-0.15, -0.1) is 0 Å². The maximum absolute atomic E-state index is 13.9. The molecule has 1 aromatic rings. The van der Waals surface area contributed by atoms with Gasteiger partial charge in [0.15, 0.2) is 5.78 Å². The summed E-state index contributed by atoms with van der Waals surface area (Å²) in [5, 5.41) is 15.1. The van der Waals surface area contributed by atoms with Crippen LogP contribution in [0.15, 0.2) is 18.2 Å². The Balaban J connectivity index is 1.56. The topological polar surface area (TPSA) is 97.0 Å². The van der Waals surface area contributed by atoms with Gasteiger partial charge in [-0.1, -0.05) is 12.1 Å². The summed E-state index contributed by atoms with van der Waals surface area (Å²) in [6.45, 7) is 0.767. The lowest BCUT2D eigenvalue weighted by Crippen LogP contribution is -2.92. The number of fused-ring (bicyclic) bond motifs is 2. The number of nitrogens with two attached hydrogens (primary N) is 1. The number of aliphatic hydroxyl groups excluding tert-OH is 1. The molecule has 7 nitrogen and oxygen atoms in total. The molecule has 1 unspecified atom stereocenters. The van der Waals surface area contributed by atoms with E-state index >= 15 is 0 Å². The zero-order valence-corrected chi connectivity index (χ0v) is 15.6. The van der Waals surface area contributed by atoms with E-state index < -0.39 is 34.1 Å². The van der Waals surface area contributed by atoms with Crippen molar-refractivity contribution in [2.24, 2.45) is 17.1 Å². The van der Waals surface area contributed by atoms with Crippen molar-refractivity contribution < 1.29 is 19.4 Å². The summed E-state index contributed by atoms with van der Waals surface area (Å²) < 4.78 is 12.3. The highest BCUT2D eigenvalue weighted by Crippen LogP contribution is 2.84. The van der Waals surface area contributed by atoms with Gasteiger partial charge in [-0.25, -0.2) is 0 Å². The minimum atomic E-state index is -1.11. The molecule has 5 aliphatic heterocycles. The van der Waals surface area contributed by atoms with E-state index in [-0.39, 0.29) is 24.0 Å². The number of Topliss-reactive ketones (excluding diaryl/α,β-unsaturated/α-hetero) is 1. The van der Waals surface area contributed by atoms with Gasteiger partial charge < -0.3 is 25.6 Å². The first-order valence-electron chi connectivity index (χ1n) is 10.4. The Kier molecular flexibility index (Phi) is 2.10. The molecule has 8 fully saturated rings. The average Bonchev–Trinajstić information content (AvgIpc) is 3.18. The first kappa shape index (κ1) is 15.2. The highest BCUT2D eigenvalue weighted by Gasteiger charge is 2.98. The first-order chi connectivity index (χ1) is 13.5. The number of anilines is 1. The maximum Gasteiger partial charge on any atom is 0.165 e. The van der Waals surface area contributed by atoms with Crippen molar-refractivity contribution in [3.63, 3.8) is 0 Å². The fraction of sp³-hybridized carbons (Fsp3) is 0.667. The number of hydrogen-bond donors (Lipinski definition) is 3. The summed E-state index contributed by atoms with van der Waals surface area (Å²) >= 11 is 0. The fourth-order valence-corrected chi connectivity index (χ4v) is 9.43. The number of aliphatic hydroxyl groups is 1. The number of para-hydroxylation sites is 1. The molecular weight excluding hydrogens is 358 g/mol. The average molecular weight is 381 g/mol. The molecule has 4 aliphatic carbocycles. The molecule has 1 aromatic carbocycles. The first-order valence-corrected chi connectivity index (χ1v) is 10.4. The summed E-state index contributed by atoms with van der Waals surface area (Å²) in [5.74, 6) is 0.651. The lowest BCUT2D eigenvalue weighted by molar-refractivity contribution is -0.318. The molecule has 4 N–H and O–H groups in total. The third kappa shape index (κ3) is 0.962. The summed E-state index contributed by atoms with van der Waals surface area (Å²) in [6.07, 6.45) is 1.19. The van der Waals surface area contributed by atoms with Crippen LogP contribution in [-0.2, 0) is 14.9 Å². The molecule has 0 amide bonds. The largest absolute Gasteiger partial charge is 0.495 e. The van der Waals surface area contributed by atoms with Gasteiger partial charge in [0.25, 0.3) is 0 Å². The molecule has 3 spiro atoms. The third-order valence-corrected chi connectivity index (χ3v) is 9.90. The van der Waals surface area contributed by atoms with Crippen LogP contribution in [0.5, 0.6) is 5.75 Å². The van der Waals surface area contributed by atoms with E-state index in [0.717, 1.165) is 42.8 Å². The lowest BCUT2D eigenvalue weighted by atomic mass is 9.38. The van der Waals surface area contributed by atoms with Gasteiger partial charge in [0.2, 0.25) is 0 Å².